The van der Waals surface area contributed by atoms with E-state index in [0.29, 0.717) is 23.7 Å². The second kappa shape index (κ2) is 8.05. The van der Waals surface area contributed by atoms with E-state index in [4.69, 9.17) is 4.52 Å². The van der Waals surface area contributed by atoms with E-state index in [1.165, 1.54) is 17.8 Å². The molecule has 0 saturated carbocycles. The normalized spacial score (nSPS) is 10.6. The number of benzene rings is 1. The van der Waals surface area contributed by atoms with Crippen molar-refractivity contribution in [2.75, 3.05) is 0 Å². The topological polar surface area (TPSA) is 101 Å². The van der Waals surface area contributed by atoms with Crippen LogP contribution >= 0.6 is 0 Å². The van der Waals surface area contributed by atoms with Gasteiger partial charge in [-0.3, -0.25) is 9.59 Å². The van der Waals surface area contributed by atoms with Crippen LogP contribution in [-0.4, -0.2) is 21.0 Å². The van der Waals surface area contributed by atoms with E-state index < -0.39 is 0 Å². The summed E-state index contributed by atoms with van der Waals surface area (Å²) in [5, 5.41) is 6.58. The average molecular weight is 338 g/mol. The Labute approximate surface area is 144 Å². The molecule has 0 saturated heterocycles. The van der Waals surface area contributed by atoms with Crippen molar-refractivity contribution in [3.8, 4) is 11.4 Å². The van der Waals surface area contributed by atoms with Gasteiger partial charge in [0.05, 0.1) is 6.54 Å². The summed E-state index contributed by atoms with van der Waals surface area (Å²) in [4.78, 5) is 29.9. The van der Waals surface area contributed by atoms with Crippen molar-refractivity contribution in [2.45, 2.75) is 25.8 Å². The molecule has 2 N–H and O–H groups in total. The highest BCUT2D eigenvalue weighted by atomic mass is 16.5. The minimum Gasteiger partial charge on any atom is -0.347 e. The van der Waals surface area contributed by atoms with Crippen LogP contribution in [0.5, 0.6) is 0 Å². The van der Waals surface area contributed by atoms with Gasteiger partial charge in [0.1, 0.15) is 0 Å². The zero-order valence-corrected chi connectivity index (χ0v) is 13.6. The Balaban J connectivity index is 1.45. The zero-order valence-electron chi connectivity index (χ0n) is 13.6. The fourth-order valence-electron chi connectivity index (χ4n) is 2.39. The first-order valence-corrected chi connectivity index (χ1v) is 8.03. The summed E-state index contributed by atoms with van der Waals surface area (Å²) in [6.45, 7) is 0.167. The second-order valence-corrected chi connectivity index (χ2v) is 5.57. The number of rotatable bonds is 7. The minimum absolute atomic E-state index is 0.0631. The van der Waals surface area contributed by atoms with Crippen LogP contribution in [0.15, 0.2) is 58.0 Å². The molecule has 0 aliphatic rings. The summed E-state index contributed by atoms with van der Waals surface area (Å²) in [6, 6.07) is 13.1. The lowest BCUT2D eigenvalue weighted by Gasteiger charge is -2.02. The maximum atomic E-state index is 11.9. The third-order valence-corrected chi connectivity index (χ3v) is 3.65. The van der Waals surface area contributed by atoms with Crippen LogP contribution in [0.4, 0.5) is 0 Å². The van der Waals surface area contributed by atoms with Gasteiger partial charge in [0.2, 0.25) is 23.2 Å². The van der Waals surface area contributed by atoms with Gasteiger partial charge in [-0.1, -0.05) is 35.5 Å². The molecule has 0 radical (unpaired) electrons. The van der Waals surface area contributed by atoms with Gasteiger partial charge in [-0.15, -0.1) is 0 Å². The fraction of sp³-hybridized carbons (Fsp3) is 0.222. The number of aryl methyl sites for hydroxylation is 1. The molecule has 0 aliphatic heterocycles. The molecule has 0 aliphatic carbocycles. The fourth-order valence-corrected chi connectivity index (χ4v) is 2.39. The Morgan fingerprint density at radius 2 is 2.04 bits per heavy atom. The predicted molar refractivity (Wildman–Crippen MR) is 91.6 cm³/mol. The number of carbonyl (C=O) groups excluding carboxylic acids is 1. The molecule has 1 amide bonds. The minimum atomic E-state index is -0.240. The SMILES string of the molecule is O=C(CCCc1ccccc1)NCc1nc(-c2cc[nH]c(=O)c2)no1. The van der Waals surface area contributed by atoms with Gasteiger partial charge < -0.3 is 14.8 Å². The first-order valence-electron chi connectivity index (χ1n) is 8.03. The van der Waals surface area contributed by atoms with Crippen molar-refractivity contribution >= 4 is 5.91 Å². The van der Waals surface area contributed by atoms with Gasteiger partial charge >= 0.3 is 0 Å². The molecular weight excluding hydrogens is 320 g/mol. The van der Waals surface area contributed by atoms with E-state index in [0.717, 1.165) is 12.8 Å². The Bertz CT molecular complexity index is 886. The van der Waals surface area contributed by atoms with E-state index in [1.54, 1.807) is 6.07 Å². The number of aromatic nitrogens is 3. The lowest BCUT2D eigenvalue weighted by molar-refractivity contribution is -0.121. The van der Waals surface area contributed by atoms with Crippen molar-refractivity contribution < 1.29 is 9.32 Å². The van der Waals surface area contributed by atoms with E-state index in [9.17, 15) is 9.59 Å². The van der Waals surface area contributed by atoms with Crippen molar-refractivity contribution in [1.82, 2.24) is 20.4 Å². The summed E-state index contributed by atoms with van der Waals surface area (Å²) < 4.78 is 5.10. The molecule has 3 aromatic rings. The smallest absolute Gasteiger partial charge is 0.248 e. The Hall–Kier alpha value is -3.22. The van der Waals surface area contributed by atoms with Crippen LogP contribution in [0.3, 0.4) is 0 Å². The summed E-state index contributed by atoms with van der Waals surface area (Å²) in [5.41, 5.74) is 1.54. The number of hydrogen-bond acceptors (Lipinski definition) is 5. The number of nitrogens with zero attached hydrogens (tertiary/aromatic N) is 2. The van der Waals surface area contributed by atoms with E-state index >= 15 is 0 Å². The predicted octanol–water partition coefficient (Wildman–Crippen LogP) is 2.06. The molecule has 1 aromatic carbocycles. The highest BCUT2D eigenvalue weighted by molar-refractivity contribution is 5.75. The van der Waals surface area contributed by atoms with Gasteiger partial charge in [0, 0.05) is 24.2 Å². The largest absolute Gasteiger partial charge is 0.347 e. The van der Waals surface area contributed by atoms with Gasteiger partial charge in [-0.25, -0.2) is 0 Å². The van der Waals surface area contributed by atoms with Crippen LogP contribution in [0.2, 0.25) is 0 Å². The highest BCUT2D eigenvalue weighted by Crippen LogP contribution is 2.12. The molecule has 2 aromatic heterocycles. The maximum absolute atomic E-state index is 11.9. The van der Waals surface area contributed by atoms with E-state index in [1.807, 2.05) is 30.3 Å². The number of amides is 1. The lowest BCUT2D eigenvalue weighted by atomic mass is 10.1. The summed E-state index contributed by atoms with van der Waals surface area (Å²) in [5.74, 6) is 0.554. The number of pyridine rings is 1. The van der Waals surface area contributed by atoms with Crippen LogP contribution < -0.4 is 10.9 Å². The number of nitrogens with one attached hydrogen (secondary N) is 2. The first kappa shape index (κ1) is 16.6. The average Bonchev–Trinajstić information content (AvgIpc) is 3.10. The number of H-pyrrole nitrogens is 1. The third kappa shape index (κ3) is 4.87. The van der Waals surface area contributed by atoms with Crippen molar-refractivity contribution in [1.29, 1.82) is 0 Å². The molecule has 0 spiro atoms. The number of hydrogen-bond donors (Lipinski definition) is 2. The first-order chi connectivity index (χ1) is 12.2. The molecular formula is C18H18N4O3. The third-order valence-electron chi connectivity index (χ3n) is 3.65. The van der Waals surface area contributed by atoms with Gasteiger partial charge in [0.25, 0.3) is 0 Å². The standard InChI is InChI=1S/C18H18N4O3/c23-15(8-4-7-13-5-2-1-3-6-13)20-12-17-21-18(22-25-17)14-9-10-19-16(24)11-14/h1-3,5-6,9-11H,4,7-8,12H2,(H,19,24)(H,20,23). The molecule has 0 atom stereocenters. The summed E-state index contributed by atoms with van der Waals surface area (Å²) >= 11 is 0. The van der Waals surface area contributed by atoms with Crippen LogP contribution in [-0.2, 0) is 17.8 Å². The Kier molecular flexibility index (Phi) is 5.36. The lowest BCUT2D eigenvalue weighted by Crippen LogP contribution is -2.22. The van der Waals surface area contributed by atoms with Gasteiger partial charge in [-0.05, 0) is 24.5 Å². The van der Waals surface area contributed by atoms with Crippen molar-refractivity contribution in [3.05, 3.63) is 70.5 Å². The highest BCUT2D eigenvalue weighted by Gasteiger charge is 2.10. The Morgan fingerprint density at radius 3 is 2.84 bits per heavy atom. The van der Waals surface area contributed by atoms with E-state index in [-0.39, 0.29) is 18.0 Å². The van der Waals surface area contributed by atoms with Crippen LogP contribution in [0.25, 0.3) is 11.4 Å². The molecule has 0 unspecified atom stereocenters. The molecule has 7 heteroatoms. The quantitative estimate of drug-likeness (QED) is 0.687. The monoisotopic (exact) mass is 338 g/mol. The molecule has 3 rings (SSSR count). The maximum Gasteiger partial charge on any atom is 0.248 e. The van der Waals surface area contributed by atoms with E-state index in [2.05, 4.69) is 20.4 Å². The number of carbonyl (C=O) groups is 1. The molecule has 25 heavy (non-hydrogen) atoms. The number of aromatic amines is 1. The van der Waals surface area contributed by atoms with Crippen LogP contribution in [0, 0.1) is 0 Å². The molecule has 128 valence electrons. The van der Waals surface area contributed by atoms with Gasteiger partial charge in [-0.2, -0.15) is 4.98 Å². The van der Waals surface area contributed by atoms with Gasteiger partial charge in [0.15, 0.2) is 0 Å². The zero-order chi connectivity index (χ0) is 17.5. The second-order valence-electron chi connectivity index (χ2n) is 5.57. The molecule has 0 bridgehead atoms. The molecule has 0 fully saturated rings. The van der Waals surface area contributed by atoms with Crippen LogP contribution in [0.1, 0.15) is 24.3 Å². The van der Waals surface area contributed by atoms with Crippen molar-refractivity contribution in [3.63, 3.8) is 0 Å². The molecule has 2 heterocycles. The summed E-state index contributed by atoms with van der Waals surface area (Å²) in [7, 11) is 0. The molecule has 7 nitrogen and oxygen atoms in total. The van der Waals surface area contributed by atoms with Crippen molar-refractivity contribution in [2.24, 2.45) is 0 Å². The Morgan fingerprint density at radius 1 is 1.20 bits per heavy atom. The summed E-state index contributed by atoms with van der Waals surface area (Å²) in [6.07, 6.45) is 3.59.